The first kappa shape index (κ1) is 61.0. The molecule has 0 saturated carbocycles. The van der Waals surface area contributed by atoms with Crippen molar-refractivity contribution in [3.8, 4) is 5.75 Å². The molecule has 3 atom stereocenters. The van der Waals surface area contributed by atoms with Crippen molar-refractivity contribution in [2.45, 2.75) is 88.7 Å². The summed E-state index contributed by atoms with van der Waals surface area (Å²) in [4.78, 5) is 60.5. The Balaban J connectivity index is 0.854. The van der Waals surface area contributed by atoms with Crippen molar-refractivity contribution >= 4 is 47.0 Å². The number of thioether (sulfide) groups is 1. The van der Waals surface area contributed by atoms with Gasteiger partial charge in [-0.2, -0.15) is 11.8 Å². The van der Waals surface area contributed by atoms with E-state index >= 15 is 0 Å². The zero-order chi connectivity index (χ0) is 52.2. The first-order valence-electron chi connectivity index (χ1n) is 25.6. The minimum absolute atomic E-state index is 0.0239. The molecular weight excluding hydrogens is 967 g/mol. The van der Waals surface area contributed by atoms with Gasteiger partial charge in [0, 0.05) is 60.3 Å². The number of hydrogen-bond donors (Lipinski definition) is 5. The van der Waals surface area contributed by atoms with Crippen LogP contribution in [0.25, 0.3) is 0 Å². The summed E-state index contributed by atoms with van der Waals surface area (Å²) in [6.45, 7) is 14.0. The van der Waals surface area contributed by atoms with E-state index in [-0.39, 0.29) is 54.5 Å². The minimum Gasteiger partial charge on any atom is -0.494 e. The molecule has 3 unspecified atom stereocenters. The first-order chi connectivity index (χ1) is 35.5. The van der Waals surface area contributed by atoms with Crippen molar-refractivity contribution in [2.24, 2.45) is 0 Å². The van der Waals surface area contributed by atoms with Gasteiger partial charge in [0.2, 0.25) is 11.8 Å². The molecule has 4 rings (SSSR count). The van der Waals surface area contributed by atoms with Crippen LogP contribution in [0, 0.1) is 0 Å². The summed E-state index contributed by atoms with van der Waals surface area (Å²) in [5, 5.41) is 15.4. The Kier molecular flexibility index (Phi) is 31.1. The molecule has 21 heteroatoms. The van der Waals surface area contributed by atoms with Crippen molar-refractivity contribution in [1.29, 1.82) is 0 Å². The van der Waals surface area contributed by atoms with Crippen LogP contribution in [-0.2, 0) is 57.0 Å². The fourth-order valence-electron chi connectivity index (χ4n) is 7.32. The number of amides is 4. The number of fused-ring (bicyclic) bond motifs is 1. The number of unbranched alkanes of at least 4 members (excludes halogenated alkanes) is 1. The van der Waals surface area contributed by atoms with Gasteiger partial charge in [-0.1, -0.05) is 6.42 Å². The van der Waals surface area contributed by atoms with E-state index < -0.39 is 5.60 Å². The second-order valence-electron chi connectivity index (χ2n) is 18.1. The van der Waals surface area contributed by atoms with Gasteiger partial charge in [0.05, 0.1) is 131 Å². The Morgan fingerprint density at radius 3 is 1.66 bits per heavy atom. The number of benzene rings is 2. The maximum absolute atomic E-state index is 13.1. The van der Waals surface area contributed by atoms with Crippen LogP contribution in [0.2, 0.25) is 0 Å². The molecule has 0 spiro atoms. The van der Waals surface area contributed by atoms with Crippen LogP contribution in [0.1, 0.15) is 81.6 Å². The van der Waals surface area contributed by atoms with Gasteiger partial charge in [0.25, 0.3) is 0 Å². The number of carbonyl (C=O) groups is 5. The Morgan fingerprint density at radius 1 is 0.562 bits per heavy atom. The van der Waals surface area contributed by atoms with E-state index in [0.29, 0.717) is 167 Å². The molecule has 2 aromatic rings. The average molecular weight is 1050 g/mol. The lowest BCUT2D eigenvalue weighted by Gasteiger charge is -2.19. The van der Waals surface area contributed by atoms with Crippen LogP contribution in [0.4, 0.5) is 10.5 Å². The first-order valence-corrected chi connectivity index (χ1v) is 26.7. The lowest BCUT2D eigenvalue weighted by atomic mass is 10.0. The fraction of sp³-hybridized carbons (Fsp3) is 0.673. The summed E-state index contributed by atoms with van der Waals surface area (Å²) < 4.78 is 55.1. The third-order valence-corrected chi connectivity index (χ3v) is 12.5. The van der Waals surface area contributed by atoms with Crippen molar-refractivity contribution in [3.05, 3.63) is 59.7 Å². The van der Waals surface area contributed by atoms with E-state index in [1.807, 2.05) is 44.7 Å². The second-order valence-corrected chi connectivity index (χ2v) is 19.4. The highest BCUT2D eigenvalue weighted by Crippen LogP contribution is 2.33. The normalized spacial score (nSPS) is 16.1. The van der Waals surface area contributed by atoms with Crippen molar-refractivity contribution in [2.75, 3.05) is 143 Å². The Hall–Kier alpha value is -4.58. The summed E-state index contributed by atoms with van der Waals surface area (Å²) in [6, 6.07) is 14.7. The highest BCUT2D eigenvalue weighted by Gasteiger charge is 2.42. The Labute approximate surface area is 435 Å². The summed E-state index contributed by atoms with van der Waals surface area (Å²) >= 11 is 1.89. The van der Waals surface area contributed by atoms with Crippen LogP contribution in [0.5, 0.6) is 5.75 Å². The van der Waals surface area contributed by atoms with Gasteiger partial charge in [-0.05, 0) is 88.6 Å². The molecule has 2 aliphatic rings. The largest absolute Gasteiger partial charge is 0.494 e. The van der Waals surface area contributed by atoms with Gasteiger partial charge in [-0.3, -0.25) is 19.2 Å². The van der Waals surface area contributed by atoms with E-state index in [4.69, 9.17) is 47.4 Å². The molecule has 0 aliphatic carbocycles. The molecule has 410 valence electrons. The molecule has 5 N–H and O–H groups in total. The number of anilines is 1. The third-order valence-electron chi connectivity index (χ3n) is 11.0. The van der Waals surface area contributed by atoms with Crippen molar-refractivity contribution in [3.63, 3.8) is 0 Å². The Bertz CT molecular complexity index is 1860. The zero-order valence-corrected chi connectivity index (χ0v) is 44.0. The SMILES string of the molecule is CC(C)(C)OC(=O)CCOCCOCCOCCOCCNc1ccc(C(=O)c2ccc(OCCCNC(=O)CCOCCOCCOCCOCCNC(=O)CCCCC3SCC4NC(=O)NC43)cc2)cc1. The van der Waals surface area contributed by atoms with Crippen LogP contribution < -0.4 is 31.3 Å². The fourth-order valence-corrected chi connectivity index (χ4v) is 8.86. The molecule has 2 aliphatic heterocycles. The molecule has 73 heavy (non-hydrogen) atoms. The third kappa shape index (κ3) is 28.6. The summed E-state index contributed by atoms with van der Waals surface area (Å²) in [5.74, 6) is 1.13. The molecule has 0 aromatic heterocycles. The van der Waals surface area contributed by atoms with Crippen LogP contribution in [0.15, 0.2) is 48.5 Å². The van der Waals surface area contributed by atoms with Crippen molar-refractivity contribution in [1.82, 2.24) is 21.3 Å². The molecular formula is C52H81N5O15S. The Morgan fingerprint density at radius 2 is 1.07 bits per heavy atom. The van der Waals surface area contributed by atoms with Gasteiger partial charge in [-0.15, -0.1) is 0 Å². The number of hydrogen-bond acceptors (Lipinski definition) is 17. The number of nitrogens with one attached hydrogen (secondary N) is 5. The minimum atomic E-state index is -0.494. The second kappa shape index (κ2) is 37.2. The van der Waals surface area contributed by atoms with Crippen LogP contribution in [-0.4, -0.2) is 190 Å². The molecule has 2 heterocycles. The summed E-state index contributed by atoms with van der Waals surface area (Å²) in [7, 11) is 0. The molecule has 2 aromatic carbocycles. The van der Waals surface area contributed by atoms with Gasteiger partial charge in [-0.25, -0.2) is 4.79 Å². The molecule has 4 amide bonds. The quantitative estimate of drug-likeness (QED) is 0.0269. The molecule has 0 radical (unpaired) electrons. The van der Waals surface area contributed by atoms with Gasteiger partial charge in [0.1, 0.15) is 11.4 Å². The summed E-state index contributed by atoms with van der Waals surface area (Å²) in [6.07, 6.45) is 4.34. The number of rotatable bonds is 43. The van der Waals surface area contributed by atoms with E-state index in [1.54, 1.807) is 36.4 Å². The number of esters is 1. The molecule has 0 bridgehead atoms. The highest BCUT2D eigenvalue weighted by atomic mass is 32.2. The lowest BCUT2D eigenvalue weighted by molar-refractivity contribution is -0.156. The molecule has 20 nitrogen and oxygen atoms in total. The van der Waals surface area contributed by atoms with Crippen molar-refractivity contribution < 1.29 is 71.3 Å². The molecule has 2 fully saturated rings. The predicted molar refractivity (Wildman–Crippen MR) is 277 cm³/mol. The number of urea groups is 1. The van der Waals surface area contributed by atoms with E-state index in [0.717, 1.165) is 30.7 Å². The average Bonchev–Trinajstić information content (AvgIpc) is 3.93. The van der Waals surface area contributed by atoms with E-state index in [1.165, 1.54) is 0 Å². The van der Waals surface area contributed by atoms with Gasteiger partial charge < -0.3 is 74.0 Å². The number of ketones is 1. The van der Waals surface area contributed by atoms with Gasteiger partial charge in [0.15, 0.2) is 5.78 Å². The standard InChI is InChI=1S/C52H81N5O15S/c1-52(2,3)72-48(60)18-24-64-28-32-68-36-38-69-33-29-65-25-20-53-42-13-9-40(10-14-42)50(61)41-11-15-43(16-12-41)71-22-6-19-54-47(59)17-23-63-27-31-67-35-37-70-34-30-66-26-21-55-46(58)8-5-4-7-45-49-44(39-73-45)56-51(62)57-49/h9-16,44-45,49,53H,4-8,17-39H2,1-3H3,(H,54,59)(H,55,58)(H2,56,57,62). The number of ether oxygens (including phenoxy) is 10. The lowest BCUT2D eigenvalue weighted by Crippen LogP contribution is -2.36. The van der Waals surface area contributed by atoms with E-state index in [2.05, 4.69) is 26.6 Å². The van der Waals surface area contributed by atoms with Crippen LogP contribution in [0.3, 0.4) is 0 Å². The molecule has 2 saturated heterocycles. The van der Waals surface area contributed by atoms with Gasteiger partial charge >= 0.3 is 12.0 Å². The monoisotopic (exact) mass is 1050 g/mol. The van der Waals surface area contributed by atoms with E-state index in [9.17, 15) is 24.0 Å². The maximum atomic E-state index is 13.1. The number of carbonyl (C=O) groups excluding carboxylic acids is 5. The maximum Gasteiger partial charge on any atom is 0.315 e. The predicted octanol–water partition coefficient (Wildman–Crippen LogP) is 4.31. The summed E-state index contributed by atoms with van der Waals surface area (Å²) in [5.41, 5.74) is 1.51. The zero-order valence-electron chi connectivity index (χ0n) is 43.2. The highest BCUT2D eigenvalue weighted by molar-refractivity contribution is 8.00. The smallest absolute Gasteiger partial charge is 0.315 e. The van der Waals surface area contributed by atoms with Crippen LogP contribution >= 0.6 is 11.8 Å². The topological polar surface area (TPSA) is 238 Å².